The predicted molar refractivity (Wildman–Crippen MR) is 55.2 cm³/mol. The molecular weight excluding hydrogens is 219 g/mol. The van der Waals surface area contributed by atoms with Gasteiger partial charge in [-0.05, 0) is 18.2 Å². The molecule has 0 spiro atoms. The molecular formula is C10H8ClFN2O. The van der Waals surface area contributed by atoms with Crippen LogP contribution in [0.5, 0.6) is 0 Å². The third kappa shape index (κ3) is 2.47. The highest BCUT2D eigenvalue weighted by molar-refractivity contribution is 6.30. The molecule has 1 N–H and O–H groups in total. The molecule has 1 aromatic carbocycles. The topological polar surface area (TPSA) is 38.1 Å². The van der Waals surface area contributed by atoms with E-state index in [4.69, 9.17) is 16.1 Å². The van der Waals surface area contributed by atoms with Crippen LogP contribution in [0.15, 0.2) is 35.0 Å². The first-order valence-electron chi connectivity index (χ1n) is 4.34. The van der Waals surface area contributed by atoms with Crippen molar-refractivity contribution in [3.05, 3.63) is 47.1 Å². The zero-order chi connectivity index (χ0) is 10.7. The summed E-state index contributed by atoms with van der Waals surface area (Å²) in [6.07, 6.45) is 1.56. The number of nitrogens with one attached hydrogen (secondary N) is 1. The standard InChI is InChI=1S/C10H8ClFN2O/c11-9-2-1-7(5-10(9)12)13-6-8-3-4-14-15-8/h1-5,13H,6H2. The molecule has 2 aromatic rings. The summed E-state index contributed by atoms with van der Waals surface area (Å²) in [5, 5.41) is 6.65. The van der Waals surface area contributed by atoms with Gasteiger partial charge in [0.15, 0.2) is 5.76 Å². The summed E-state index contributed by atoms with van der Waals surface area (Å²) in [5.74, 6) is 0.240. The fraction of sp³-hybridized carbons (Fsp3) is 0.100. The second kappa shape index (κ2) is 4.31. The minimum Gasteiger partial charge on any atom is -0.378 e. The van der Waals surface area contributed by atoms with Gasteiger partial charge >= 0.3 is 0 Å². The van der Waals surface area contributed by atoms with Crippen LogP contribution in [0.2, 0.25) is 5.02 Å². The molecule has 0 unspecified atom stereocenters. The first-order valence-corrected chi connectivity index (χ1v) is 4.72. The highest BCUT2D eigenvalue weighted by Crippen LogP contribution is 2.19. The molecule has 5 heteroatoms. The number of hydrogen-bond donors (Lipinski definition) is 1. The van der Waals surface area contributed by atoms with E-state index in [1.807, 2.05) is 0 Å². The van der Waals surface area contributed by atoms with E-state index in [0.717, 1.165) is 0 Å². The molecule has 0 amide bonds. The molecule has 0 saturated heterocycles. The van der Waals surface area contributed by atoms with Gasteiger partial charge in [0, 0.05) is 11.8 Å². The molecule has 0 saturated carbocycles. The average Bonchev–Trinajstić information content (AvgIpc) is 2.73. The van der Waals surface area contributed by atoms with Gasteiger partial charge in [-0.3, -0.25) is 0 Å². The Morgan fingerprint density at radius 3 is 2.93 bits per heavy atom. The van der Waals surface area contributed by atoms with Gasteiger partial charge in [0.25, 0.3) is 0 Å². The van der Waals surface area contributed by atoms with Gasteiger partial charge in [-0.2, -0.15) is 0 Å². The van der Waals surface area contributed by atoms with Crippen molar-refractivity contribution in [2.24, 2.45) is 0 Å². The van der Waals surface area contributed by atoms with Crippen molar-refractivity contribution in [3.63, 3.8) is 0 Å². The highest BCUT2D eigenvalue weighted by atomic mass is 35.5. The minimum absolute atomic E-state index is 0.111. The lowest BCUT2D eigenvalue weighted by atomic mass is 10.3. The molecule has 15 heavy (non-hydrogen) atoms. The second-order valence-electron chi connectivity index (χ2n) is 2.96. The molecule has 0 aliphatic heterocycles. The maximum Gasteiger partial charge on any atom is 0.155 e. The van der Waals surface area contributed by atoms with Crippen molar-refractivity contribution < 1.29 is 8.91 Å². The number of benzene rings is 1. The number of halogens is 2. The molecule has 0 fully saturated rings. The SMILES string of the molecule is Fc1cc(NCc2ccno2)ccc1Cl. The van der Waals surface area contributed by atoms with Crippen LogP contribution in [0, 0.1) is 5.82 Å². The van der Waals surface area contributed by atoms with Crippen LogP contribution in [-0.4, -0.2) is 5.16 Å². The van der Waals surface area contributed by atoms with E-state index in [9.17, 15) is 4.39 Å². The summed E-state index contributed by atoms with van der Waals surface area (Å²) in [6.45, 7) is 0.459. The second-order valence-corrected chi connectivity index (χ2v) is 3.37. The summed E-state index contributed by atoms with van der Waals surface area (Å²) < 4.78 is 17.9. The first-order chi connectivity index (χ1) is 7.25. The summed E-state index contributed by atoms with van der Waals surface area (Å²) in [4.78, 5) is 0. The molecule has 3 nitrogen and oxygen atoms in total. The van der Waals surface area contributed by atoms with E-state index in [2.05, 4.69) is 10.5 Å². The van der Waals surface area contributed by atoms with Gasteiger partial charge in [0.1, 0.15) is 5.82 Å². The highest BCUT2D eigenvalue weighted by Gasteiger charge is 2.01. The van der Waals surface area contributed by atoms with Gasteiger partial charge in [0.2, 0.25) is 0 Å². The lowest BCUT2D eigenvalue weighted by molar-refractivity contribution is 0.388. The third-order valence-electron chi connectivity index (χ3n) is 1.88. The average molecular weight is 227 g/mol. The molecule has 2 rings (SSSR count). The van der Waals surface area contributed by atoms with E-state index in [0.29, 0.717) is 18.0 Å². The van der Waals surface area contributed by atoms with Crippen LogP contribution >= 0.6 is 11.6 Å². The van der Waals surface area contributed by atoms with Crippen molar-refractivity contribution in [1.29, 1.82) is 0 Å². The lowest BCUT2D eigenvalue weighted by Crippen LogP contribution is -1.98. The Labute approximate surface area is 90.8 Å². The van der Waals surface area contributed by atoms with Crippen LogP contribution in [0.25, 0.3) is 0 Å². The van der Waals surface area contributed by atoms with E-state index in [-0.39, 0.29) is 5.02 Å². The Hall–Kier alpha value is -1.55. The summed E-state index contributed by atoms with van der Waals surface area (Å²) in [5.41, 5.74) is 0.647. The summed E-state index contributed by atoms with van der Waals surface area (Å²) >= 11 is 5.55. The first kappa shape index (κ1) is 9.98. The zero-order valence-electron chi connectivity index (χ0n) is 7.71. The number of rotatable bonds is 3. The zero-order valence-corrected chi connectivity index (χ0v) is 8.46. The van der Waals surface area contributed by atoms with E-state index in [1.54, 1.807) is 18.3 Å². The lowest BCUT2D eigenvalue weighted by Gasteiger charge is -2.04. The molecule has 0 bridgehead atoms. The van der Waals surface area contributed by atoms with Crippen LogP contribution in [0.3, 0.4) is 0 Å². The smallest absolute Gasteiger partial charge is 0.155 e. The van der Waals surface area contributed by atoms with Crippen LogP contribution in [0.1, 0.15) is 5.76 Å². The quantitative estimate of drug-likeness (QED) is 0.874. The minimum atomic E-state index is -0.445. The van der Waals surface area contributed by atoms with Gasteiger partial charge in [-0.1, -0.05) is 16.8 Å². The fourth-order valence-corrected chi connectivity index (χ4v) is 1.25. The van der Waals surface area contributed by atoms with Crippen molar-refractivity contribution in [3.8, 4) is 0 Å². The van der Waals surface area contributed by atoms with Crippen molar-refractivity contribution in [2.75, 3.05) is 5.32 Å². The summed E-state index contributed by atoms with van der Waals surface area (Å²) in [7, 11) is 0. The largest absolute Gasteiger partial charge is 0.378 e. The number of anilines is 1. The Morgan fingerprint density at radius 2 is 2.27 bits per heavy atom. The Morgan fingerprint density at radius 1 is 1.40 bits per heavy atom. The third-order valence-corrected chi connectivity index (χ3v) is 2.18. The Bertz CT molecular complexity index is 445. The molecule has 0 radical (unpaired) electrons. The molecule has 78 valence electrons. The number of hydrogen-bond acceptors (Lipinski definition) is 3. The van der Waals surface area contributed by atoms with Gasteiger partial charge in [-0.15, -0.1) is 0 Å². The molecule has 1 aromatic heterocycles. The van der Waals surface area contributed by atoms with E-state index in [1.165, 1.54) is 12.1 Å². The van der Waals surface area contributed by atoms with Crippen molar-refractivity contribution in [1.82, 2.24) is 5.16 Å². The summed E-state index contributed by atoms with van der Waals surface area (Å²) in [6, 6.07) is 6.26. The van der Waals surface area contributed by atoms with Crippen molar-refractivity contribution >= 4 is 17.3 Å². The van der Waals surface area contributed by atoms with Crippen LogP contribution in [0.4, 0.5) is 10.1 Å². The van der Waals surface area contributed by atoms with E-state index >= 15 is 0 Å². The Balaban J connectivity index is 2.02. The molecule has 0 aliphatic rings. The van der Waals surface area contributed by atoms with Crippen LogP contribution in [-0.2, 0) is 6.54 Å². The van der Waals surface area contributed by atoms with Gasteiger partial charge < -0.3 is 9.84 Å². The maximum atomic E-state index is 13.0. The molecule has 1 heterocycles. The normalized spacial score (nSPS) is 10.3. The molecule has 0 atom stereocenters. The number of nitrogens with zero attached hydrogens (tertiary/aromatic N) is 1. The van der Waals surface area contributed by atoms with Crippen LogP contribution < -0.4 is 5.32 Å². The predicted octanol–water partition coefficient (Wildman–Crippen LogP) is 3.08. The Kier molecular flexibility index (Phi) is 2.87. The fourth-order valence-electron chi connectivity index (χ4n) is 1.13. The van der Waals surface area contributed by atoms with Crippen molar-refractivity contribution in [2.45, 2.75) is 6.54 Å². The molecule has 0 aliphatic carbocycles. The van der Waals surface area contributed by atoms with E-state index < -0.39 is 5.82 Å². The van der Waals surface area contributed by atoms with Gasteiger partial charge in [-0.25, -0.2) is 4.39 Å². The number of aromatic nitrogens is 1. The monoisotopic (exact) mass is 226 g/mol. The van der Waals surface area contributed by atoms with Gasteiger partial charge in [0.05, 0.1) is 17.8 Å². The maximum absolute atomic E-state index is 13.0.